The van der Waals surface area contributed by atoms with Crippen molar-refractivity contribution in [1.82, 2.24) is 0 Å². The Morgan fingerprint density at radius 3 is 2.19 bits per heavy atom. The van der Waals surface area contributed by atoms with Crippen LogP contribution in [-0.2, 0) is 12.6 Å². The van der Waals surface area contributed by atoms with Gasteiger partial charge in [-0.05, 0) is 37.0 Å². The number of aryl methyl sites for hydroxylation is 1. The molecule has 1 atom stereocenters. The molecule has 0 fully saturated rings. The fraction of sp³-hybridized carbons (Fsp3) is 0.500. The zero-order chi connectivity index (χ0) is 12.2. The summed E-state index contributed by atoms with van der Waals surface area (Å²) in [4.78, 5) is 0.440. The van der Waals surface area contributed by atoms with Crippen molar-refractivity contribution in [2.45, 2.75) is 37.2 Å². The van der Waals surface area contributed by atoms with Gasteiger partial charge >= 0.3 is 6.18 Å². The SMILES string of the molecule is CCC(Br)CCc1ccc(C(F)(F)F)cc1. The number of halogens is 4. The molecule has 0 heterocycles. The molecule has 0 aromatic heterocycles. The highest BCUT2D eigenvalue weighted by molar-refractivity contribution is 9.09. The Hall–Kier alpha value is -0.510. The number of hydrogen-bond donors (Lipinski definition) is 0. The van der Waals surface area contributed by atoms with Crippen molar-refractivity contribution < 1.29 is 13.2 Å². The molecule has 0 saturated carbocycles. The molecule has 16 heavy (non-hydrogen) atoms. The maximum atomic E-state index is 12.3. The molecule has 0 aliphatic heterocycles. The molecule has 0 saturated heterocycles. The highest BCUT2D eigenvalue weighted by Crippen LogP contribution is 2.29. The quantitative estimate of drug-likeness (QED) is 0.699. The lowest BCUT2D eigenvalue weighted by Crippen LogP contribution is -2.05. The summed E-state index contributed by atoms with van der Waals surface area (Å²) in [6.07, 6.45) is -1.45. The van der Waals surface area contributed by atoms with Gasteiger partial charge in [0.2, 0.25) is 0 Å². The molecular formula is C12H14BrF3. The van der Waals surface area contributed by atoms with Crippen LogP contribution in [0.25, 0.3) is 0 Å². The summed E-state index contributed by atoms with van der Waals surface area (Å²) in [7, 11) is 0. The van der Waals surface area contributed by atoms with Gasteiger partial charge in [-0.25, -0.2) is 0 Å². The lowest BCUT2D eigenvalue weighted by atomic mass is 10.1. The van der Waals surface area contributed by atoms with Gasteiger partial charge in [-0.2, -0.15) is 13.2 Å². The molecule has 0 radical (unpaired) electrons. The van der Waals surface area contributed by atoms with Crippen LogP contribution in [0.1, 0.15) is 30.9 Å². The van der Waals surface area contributed by atoms with Crippen LogP contribution >= 0.6 is 15.9 Å². The summed E-state index contributed by atoms with van der Waals surface area (Å²) in [5.74, 6) is 0. The van der Waals surface area contributed by atoms with Crippen LogP contribution in [0, 0.1) is 0 Å². The van der Waals surface area contributed by atoms with E-state index in [0.29, 0.717) is 4.83 Å². The van der Waals surface area contributed by atoms with Gasteiger partial charge in [0.25, 0.3) is 0 Å². The molecule has 0 N–H and O–H groups in total. The zero-order valence-electron chi connectivity index (χ0n) is 9.02. The first-order valence-corrected chi connectivity index (χ1v) is 6.15. The van der Waals surface area contributed by atoms with Gasteiger partial charge in [0.05, 0.1) is 5.56 Å². The fourth-order valence-corrected chi connectivity index (χ4v) is 1.62. The second-order valence-electron chi connectivity index (χ2n) is 3.74. The molecule has 1 rings (SSSR count). The van der Waals surface area contributed by atoms with E-state index in [9.17, 15) is 13.2 Å². The molecule has 0 bridgehead atoms. The van der Waals surface area contributed by atoms with Gasteiger partial charge in [0.1, 0.15) is 0 Å². The largest absolute Gasteiger partial charge is 0.416 e. The van der Waals surface area contributed by atoms with Gasteiger partial charge in [0.15, 0.2) is 0 Å². The third-order valence-electron chi connectivity index (χ3n) is 2.47. The summed E-state index contributed by atoms with van der Waals surface area (Å²) >= 11 is 3.50. The normalized spacial score (nSPS) is 13.8. The van der Waals surface area contributed by atoms with Crippen LogP contribution < -0.4 is 0 Å². The molecule has 1 aromatic rings. The van der Waals surface area contributed by atoms with Crippen molar-refractivity contribution in [2.75, 3.05) is 0 Å². The van der Waals surface area contributed by atoms with E-state index in [1.165, 1.54) is 0 Å². The highest BCUT2D eigenvalue weighted by Gasteiger charge is 2.29. The van der Waals surface area contributed by atoms with E-state index in [0.717, 1.165) is 37.0 Å². The Kier molecular flexibility index (Phi) is 4.84. The smallest absolute Gasteiger partial charge is 0.166 e. The molecule has 0 aliphatic rings. The van der Waals surface area contributed by atoms with Gasteiger partial charge in [0, 0.05) is 4.83 Å². The maximum absolute atomic E-state index is 12.3. The van der Waals surface area contributed by atoms with E-state index in [2.05, 4.69) is 22.9 Å². The summed E-state index contributed by atoms with van der Waals surface area (Å²) in [5, 5.41) is 0. The average molecular weight is 295 g/mol. The van der Waals surface area contributed by atoms with Crippen LogP contribution in [0.4, 0.5) is 13.2 Å². The number of hydrogen-bond acceptors (Lipinski definition) is 0. The van der Waals surface area contributed by atoms with Gasteiger partial charge in [-0.3, -0.25) is 0 Å². The Balaban J connectivity index is 2.58. The maximum Gasteiger partial charge on any atom is 0.416 e. The Morgan fingerprint density at radius 1 is 1.19 bits per heavy atom. The molecular weight excluding hydrogens is 281 g/mol. The van der Waals surface area contributed by atoms with Crippen LogP contribution in [0.15, 0.2) is 24.3 Å². The van der Waals surface area contributed by atoms with E-state index in [1.807, 2.05) is 0 Å². The predicted octanol–water partition coefficient (Wildman–Crippen LogP) is 4.81. The van der Waals surface area contributed by atoms with E-state index in [-0.39, 0.29) is 0 Å². The summed E-state index contributed by atoms with van der Waals surface area (Å²) in [5.41, 5.74) is 0.369. The fourth-order valence-electron chi connectivity index (χ4n) is 1.39. The van der Waals surface area contributed by atoms with Crippen LogP contribution in [0.2, 0.25) is 0 Å². The van der Waals surface area contributed by atoms with Crippen LogP contribution in [-0.4, -0.2) is 4.83 Å². The van der Waals surface area contributed by atoms with E-state index in [1.54, 1.807) is 12.1 Å². The Bertz CT molecular complexity index is 316. The highest BCUT2D eigenvalue weighted by atomic mass is 79.9. The summed E-state index contributed by atoms with van der Waals surface area (Å²) in [6.45, 7) is 2.08. The van der Waals surface area contributed by atoms with Crippen molar-refractivity contribution in [3.05, 3.63) is 35.4 Å². The Labute approximate surface area is 102 Å². The lowest BCUT2D eigenvalue weighted by molar-refractivity contribution is -0.137. The Morgan fingerprint density at radius 2 is 1.75 bits per heavy atom. The van der Waals surface area contributed by atoms with Crippen molar-refractivity contribution in [3.63, 3.8) is 0 Å². The topological polar surface area (TPSA) is 0 Å². The molecule has 1 aromatic carbocycles. The van der Waals surface area contributed by atoms with Crippen LogP contribution in [0.3, 0.4) is 0 Å². The first-order valence-electron chi connectivity index (χ1n) is 5.23. The van der Waals surface area contributed by atoms with Crippen molar-refractivity contribution >= 4 is 15.9 Å². The average Bonchev–Trinajstić information content (AvgIpc) is 2.25. The second-order valence-corrected chi connectivity index (χ2v) is 5.03. The van der Waals surface area contributed by atoms with Crippen molar-refractivity contribution in [2.24, 2.45) is 0 Å². The van der Waals surface area contributed by atoms with E-state index >= 15 is 0 Å². The first-order chi connectivity index (χ1) is 7.43. The zero-order valence-corrected chi connectivity index (χ0v) is 10.6. The third-order valence-corrected chi connectivity index (χ3v) is 3.58. The molecule has 0 aliphatic carbocycles. The number of benzene rings is 1. The van der Waals surface area contributed by atoms with E-state index < -0.39 is 11.7 Å². The third kappa shape index (κ3) is 4.16. The van der Waals surface area contributed by atoms with Gasteiger partial charge < -0.3 is 0 Å². The van der Waals surface area contributed by atoms with Crippen molar-refractivity contribution in [3.8, 4) is 0 Å². The van der Waals surface area contributed by atoms with Crippen molar-refractivity contribution in [1.29, 1.82) is 0 Å². The molecule has 4 heteroatoms. The number of alkyl halides is 4. The molecule has 1 unspecified atom stereocenters. The molecule has 90 valence electrons. The van der Waals surface area contributed by atoms with Gasteiger partial charge in [-0.1, -0.05) is 35.0 Å². The van der Waals surface area contributed by atoms with Crippen LogP contribution in [0.5, 0.6) is 0 Å². The second kappa shape index (κ2) is 5.71. The van der Waals surface area contributed by atoms with Gasteiger partial charge in [-0.15, -0.1) is 0 Å². The number of rotatable bonds is 4. The van der Waals surface area contributed by atoms with E-state index in [4.69, 9.17) is 0 Å². The summed E-state index contributed by atoms with van der Waals surface area (Å²) in [6, 6.07) is 5.39. The molecule has 0 amide bonds. The minimum absolute atomic E-state index is 0.440. The standard InChI is InChI=1S/C12H14BrF3/c1-2-11(13)8-5-9-3-6-10(7-4-9)12(14,15)16/h3-4,6-7,11H,2,5,8H2,1H3. The molecule has 0 spiro atoms. The predicted molar refractivity (Wildman–Crippen MR) is 62.8 cm³/mol. The monoisotopic (exact) mass is 294 g/mol. The minimum atomic E-state index is -4.24. The first kappa shape index (κ1) is 13.6. The molecule has 0 nitrogen and oxygen atoms in total. The minimum Gasteiger partial charge on any atom is -0.166 e. The lowest BCUT2D eigenvalue weighted by Gasteiger charge is -2.09. The summed E-state index contributed by atoms with van der Waals surface area (Å²) < 4.78 is 36.8.